The molecule has 0 spiro atoms. The molecule has 31 heavy (non-hydrogen) atoms. The lowest BCUT2D eigenvalue weighted by Crippen LogP contribution is -2.36. The van der Waals surface area contributed by atoms with Gasteiger partial charge in [-0.25, -0.2) is 0 Å². The van der Waals surface area contributed by atoms with Crippen LogP contribution >= 0.6 is 0 Å². The average Bonchev–Trinajstić information content (AvgIpc) is 3.00. The fraction of sp³-hybridized carbons (Fsp3) is 0.273. The van der Waals surface area contributed by atoms with Crippen LogP contribution in [0.25, 0.3) is 0 Å². The zero-order valence-corrected chi connectivity index (χ0v) is 17.7. The smallest absolute Gasteiger partial charge is 0.282 e. The number of benzene rings is 2. The third-order valence-electron chi connectivity index (χ3n) is 4.56. The molecule has 3 amide bonds. The number of ether oxygens (including phenoxy) is 1. The van der Waals surface area contributed by atoms with Crippen molar-refractivity contribution < 1.29 is 19.1 Å². The highest BCUT2D eigenvalue weighted by Gasteiger charge is 2.38. The van der Waals surface area contributed by atoms with Crippen molar-refractivity contribution in [3.8, 4) is 5.75 Å². The number of azo groups is 1. The van der Waals surface area contributed by atoms with Crippen LogP contribution < -0.4 is 10.1 Å². The van der Waals surface area contributed by atoms with Gasteiger partial charge in [0.25, 0.3) is 11.8 Å². The molecule has 0 saturated heterocycles. The van der Waals surface area contributed by atoms with Crippen LogP contribution in [0.15, 0.2) is 57.8 Å². The van der Waals surface area contributed by atoms with Gasteiger partial charge in [0.2, 0.25) is 5.91 Å². The Morgan fingerprint density at radius 1 is 1.13 bits per heavy atom. The van der Waals surface area contributed by atoms with E-state index < -0.39 is 30.2 Å². The summed E-state index contributed by atoms with van der Waals surface area (Å²) in [6.45, 7) is 5.37. The van der Waals surface area contributed by atoms with Gasteiger partial charge < -0.3 is 10.1 Å². The summed E-state index contributed by atoms with van der Waals surface area (Å²) in [6, 6.07) is 11.5. The number of imide groups is 1. The summed E-state index contributed by atoms with van der Waals surface area (Å²) in [5, 5.41) is 15.5. The minimum Gasteiger partial charge on any atom is -0.494 e. The van der Waals surface area contributed by atoms with Gasteiger partial charge in [-0.05, 0) is 56.2 Å². The van der Waals surface area contributed by atoms with E-state index in [2.05, 4.69) is 20.6 Å². The van der Waals surface area contributed by atoms with Crippen molar-refractivity contribution in [1.82, 2.24) is 5.01 Å². The Bertz CT molecular complexity index is 1090. The summed E-state index contributed by atoms with van der Waals surface area (Å²) in [4.78, 5) is 37.3. The number of aryl methyl sites for hydroxylation is 2. The number of nitrogens with zero attached hydrogens (tertiary/aromatic N) is 4. The van der Waals surface area contributed by atoms with Gasteiger partial charge in [0.1, 0.15) is 17.9 Å². The number of carbonyl (C=O) groups excluding carboxylic acids is 3. The average molecular weight is 421 g/mol. The van der Waals surface area contributed by atoms with Crippen LogP contribution in [0.1, 0.15) is 24.5 Å². The molecule has 3 rings (SSSR count). The van der Waals surface area contributed by atoms with E-state index in [0.29, 0.717) is 27.8 Å². The van der Waals surface area contributed by atoms with Gasteiger partial charge >= 0.3 is 0 Å². The Labute approximate surface area is 179 Å². The lowest BCUT2D eigenvalue weighted by atomic mass is 10.2. The Balaban J connectivity index is 1.67. The molecular formula is C22H23N5O4. The molecule has 1 aliphatic rings. The quantitative estimate of drug-likeness (QED) is 0.568. The zero-order chi connectivity index (χ0) is 22.5. The second-order valence-electron chi connectivity index (χ2n) is 7.17. The first-order chi connectivity index (χ1) is 14.8. The van der Waals surface area contributed by atoms with E-state index in [0.717, 1.165) is 11.1 Å². The summed E-state index contributed by atoms with van der Waals surface area (Å²) in [7, 11) is 1.51. The molecule has 2 aromatic carbocycles. The molecule has 1 atom stereocenters. The molecule has 1 aliphatic heterocycles. The standard InChI is InChI=1S/C22H23N5O4/c1-13-6-5-7-16(10-13)23-19(28)12-20(29)27-22(30)21(15(3)26-27)25-24-17-11-14(2)8-9-18(17)31-4/h5-11,21H,12H2,1-4H3,(H,23,28). The van der Waals surface area contributed by atoms with E-state index in [1.807, 2.05) is 26.0 Å². The van der Waals surface area contributed by atoms with Crippen LogP contribution in [0, 0.1) is 13.8 Å². The third-order valence-corrected chi connectivity index (χ3v) is 4.56. The van der Waals surface area contributed by atoms with Crippen LogP contribution in [0.3, 0.4) is 0 Å². The van der Waals surface area contributed by atoms with Crippen molar-refractivity contribution in [2.45, 2.75) is 33.2 Å². The van der Waals surface area contributed by atoms with Crippen molar-refractivity contribution in [1.29, 1.82) is 0 Å². The topological polar surface area (TPSA) is 113 Å². The van der Waals surface area contributed by atoms with Crippen LogP contribution in [-0.4, -0.2) is 41.6 Å². The molecule has 9 nitrogen and oxygen atoms in total. The maximum atomic E-state index is 12.7. The first-order valence-electron chi connectivity index (χ1n) is 9.62. The highest BCUT2D eigenvalue weighted by Crippen LogP contribution is 2.29. The maximum Gasteiger partial charge on any atom is 0.282 e. The van der Waals surface area contributed by atoms with E-state index in [9.17, 15) is 14.4 Å². The molecule has 0 bridgehead atoms. The molecule has 1 N–H and O–H groups in total. The largest absolute Gasteiger partial charge is 0.494 e. The third kappa shape index (κ3) is 5.19. The van der Waals surface area contributed by atoms with E-state index >= 15 is 0 Å². The molecule has 160 valence electrons. The molecule has 0 fully saturated rings. The molecular weight excluding hydrogens is 398 g/mol. The minimum absolute atomic E-state index is 0.313. The zero-order valence-electron chi connectivity index (χ0n) is 17.7. The van der Waals surface area contributed by atoms with Gasteiger partial charge in [-0.15, -0.1) is 0 Å². The number of amides is 3. The summed E-state index contributed by atoms with van der Waals surface area (Å²) >= 11 is 0. The second kappa shape index (κ2) is 9.29. The number of rotatable bonds is 6. The van der Waals surface area contributed by atoms with Gasteiger partial charge in [-0.2, -0.15) is 20.3 Å². The Morgan fingerprint density at radius 3 is 2.58 bits per heavy atom. The van der Waals surface area contributed by atoms with Crippen molar-refractivity contribution in [2.75, 3.05) is 12.4 Å². The van der Waals surface area contributed by atoms with Gasteiger partial charge in [-0.1, -0.05) is 18.2 Å². The number of carbonyl (C=O) groups is 3. The van der Waals surface area contributed by atoms with Gasteiger partial charge in [-0.3, -0.25) is 14.4 Å². The lowest BCUT2D eigenvalue weighted by molar-refractivity contribution is -0.144. The van der Waals surface area contributed by atoms with Gasteiger partial charge in [0, 0.05) is 5.69 Å². The summed E-state index contributed by atoms with van der Waals surface area (Å²) in [5.41, 5.74) is 3.27. The van der Waals surface area contributed by atoms with Crippen molar-refractivity contribution in [2.24, 2.45) is 15.3 Å². The number of nitrogens with one attached hydrogen (secondary N) is 1. The Kier molecular flexibility index (Phi) is 6.54. The van der Waals surface area contributed by atoms with Crippen LogP contribution in [0.2, 0.25) is 0 Å². The van der Waals surface area contributed by atoms with E-state index in [4.69, 9.17) is 4.74 Å². The van der Waals surface area contributed by atoms with E-state index in [-0.39, 0.29) is 0 Å². The van der Waals surface area contributed by atoms with Crippen molar-refractivity contribution >= 4 is 34.8 Å². The molecule has 1 unspecified atom stereocenters. The molecule has 0 saturated carbocycles. The number of hydrazone groups is 1. The van der Waals surface area contributed by atoms with Crippen LogP contribution in [0.4, 0.5) is 11.4 Å². The maximum absolute atomic E-state index is 12.7. The highest BCUT2D eigenvalue weighted by atomic mass is 16.5. The monoisotopic (exact) mass is 421 g/mol. The summed E-state index contributed by atoms with van der Waals surface area (Å²) in [6.07, 6.45) is -0.522. The van der Waals surface area contributed by atoms with Crippen molar-refractivity contribution in [3.05, 3.63) is 53.6 Å². The number of methoxy groups -OCH3 is 1. The Morgan fingerprint density at radius 2 is 1.87 bits per heavy atom. The second-order valence-corrected chi connectivity index (χ2v) is 7.17. The first-order valence-corrected chi connectivity index (χ1v) is 9.62. The minimum atomic E-state index is -1.03. The number of anilines is 1. The summed E-state index contributed by atoms with van der Waals surface area (Å²) < 4.78 is 5.25. The van der Waals surface area contributed by atoms with E-state index in [1.54, 1.807) is 37.3 Å². The van der Waals surface area contributed by atoms with Crippen molar-refractivity contribution in [3.63, 3.8) is 0 Å². The van der Waals surface area contributed by atoms with E-state index in [1.165, 1.54) is 7.11 Å². The molecule has 0 aliphatic carbocycles. The molecule has 0 radical (unpaired) electrons. The van der Waals surface area contributed by atoms with Gasteiger partial charge in [0.05, 0.1) is 12.8 Å². The molecule has 2 aromatic rings. The predicted molar refractivity (Wildman–Crippen MR) is 115 cm³/mol. The van der Waals surface area contributed by atoms with Crippen LogP contribution in [-0.2, 0) is 14.4 Å². The fourth-order valence-corrected chi connectivity index (χ4v) is 3.01. The lowest BCUT2D eigenvalue weighted by Gasteiger charge is -2.11. The fourth-order valence-electron chi connectivity index (χ4n) is 3.01. The molecule has 9 heteroatoms. The van der Waals surface area contributed by atoms with Crippen LogP contribution in [0.5, 0.6) is 5.75 Å². The summed E-state index contributed by atoms with van der Waals surface area (Å²) in [5.74, 6) is -1.41. The molecule has 0 aromatic heterocycles. The number of hydrogen-bond donors (Lipinski definition) is 1. The number of hydrogen-bond acceptors (Lipinski definition) is 7. The normalized spacial score (nSPS) is 15.9. The SMILES string of the molecule is COc1ccc(C)cc1N=NC1C(=O)N(C(=O)CC(=O)Nc2cccc(C)c2)N=C1C. The van der Waals surface area contributed by atoms with Gasteiger partial charge in [0.15, 0.2) is 6.04 Å². The first kappa shape index (κ1) is 21.8. The molecule has 1 heterocycles. The Hall–Kier alpha value is -3.88. The highest BCUT2D eigenvalue weighted by molar-refractivity contribution is 6.18. The predicted octanol–water partition coefficient (Wildman–Crippen LogP) is 3.54.